The van der Waals surface area contributed by atoms with E-state index in [1.807, 2.05) is 0 Å². The van der Waals surface area contributed by atoms with E-state index >= 15 is 0 Å². The summed E-state index contributed by atoms with van der Waals surface area (Å²) < 4.78 is 5.06. The van der Waals surface area contributed by atoms with Crippen LogP contribution < -0.4 is 15.8 Å². The zero-order valence-corrected chi connectivity index (χ0v) is 10.9. The number of hydrogen-bond acceptors (Lipinski definition) is 4. The number of nitrogen functional groups attached to an aromatic ring is 1. The highest BCUT2D eigenvalue weighted by Gasteiger charge is 2.09. The predicted molar refractivity (Wildman–Crippen MR) is 74.6 cm³/mol. The summed E-state index contributed by atoms with van der Waals surface area (Å²) in [6.07, 6.45) is 1.51. The highest BCUT2D eigenvalue weighted by atomic mass is 35.5. The molecule has 98 valence electrons. The topological polar surface area (TPSA) is 77.2 Å². The summed E-state index contributed by atoms with van der Waals surface area (Å²) in [5, 5.41) is 3.13. The molecule has 0 unspecified atom stereocenters. The minimum Gasteiger partial charge on any atom is -0.497 e. The second kappa shape index (κ2) is 5.58. The molecule has 0 fully saturated rings. The molecule has 2 aromatic rings. The van der Waals surface area contributed by atoms with Crippen LogP contribution in [0.25, 0.3) is 0 Å². The molecular weight excluding hydrogens is 266 g/mol. The van der Waals surface area contributed by atoms with E-state index in [4.69, 9.17) is 22.1 Å². The minimum atomic E-state index is -0.333. The molecule has 3 N–H and O–H groups in total. The van der Waals surface area contributed by atoms with Crippen molar-refractivity contribution in [3.63, 3.8) is 0 Å². The minimum absolute atomic E-state index is 0.333. The number of rotatable bonds is 3. The molecule has 0 spiro atoms. The fraction of sp³-hybridized carbons (Fsp3) is 0.0769. The van der Waals surface area contributed by atoms with Crippen LogP contribution in [0.4, 0.5) is 11.5 Å². The van der Waals surface area contributed by atoms with Gasteiger partial charge in [0.05, 0.1) is 7.11 Å². The Balaban J connectivity index is 2.22. The molecule has 1 aromatic heterocycles. The molecule has 0 atom stereocenters. The number of benzene rings is 1. The van der Waals surface area contributed by atoms with Gasteiger partial charge in [0.1, 0.15) is 11.6 Å². The highest BCUT2D eigenvalue weighted by molar-refractivity contribution is 6.30. The Labute approximate surface area is 115 Å². The van der Waals surface area contributed by atoms with Crippen molar-refractivity contribution in [1.82, 2.24) is 4.98 Å². The van der Waals surface area contributed by atoms with Crippen LogP contribution in [0.15, 0.2) is 36.5 Å². The maximum Gasteiger partial charge on any atom is 0.257 e. The number of nitrogens with two attached hydrogens (primary N) is 1. The van der Waals surface area contributed by atoms with Crippen molar-refractivity contribution in [2.24, 2.45) is 0 Å². The van der Waals surface area contributed by atoms with Crippen molar-refractivity contribution >= 4 is 29.0 Å². The summed E-state index contributed by atoms with van der Waals surface area (Å²) in [6, 6.07) is 7.97. The second-order valence-corrected chi connectivity index (χ2v) is 4.24. The van der Waals surface area contributed by atoms with E-state index < -0.39 is 0 Å². The third-order valence-electron chi connectivity index (χ3n) is 2.39. The lowest BCUT2D eigenvalue weighted by molar-refractivity contribution is 0.102. The number of pyridine rings is 1. The van der Waals surface area contributed by atoms with E-state index in [0.717, 1.165) is 0 Å². The number of ether oxygens (including phenoxy) is 1. The van der Waals surface area contributed by atoms with Gasteiger partial charge in [-0.3, -0.25) is 4.79 Å². The first-order chi connectivity index (χ1) is 9.08. The van der Waals surface area contributed by atoms with Gasteiger partial charge in [-0.1, -0.05) is 11.6 Å². The van der Waals surface area contributed by atoms with Gasteiger partial charge in [-0.2, -0.15) is 0 Å². The number of aromatic nitrogens is 1. The van der Waals surface area contributed by atoms with Crippen LogP contribution in [0.2, 0.25) is 5.02 Å². The Morgan fingerprint density at radius 2 is 2.16 bits per heavy atom. The number of hydrogen-bond donors (Lipinski definition) is 2. The van der Waals surface area contributed by atoms with Crippen LogP contribution in [-0.4, -0.2) is 18.0 Å². The molecule has 1 heterocycles. The lowest BCUT2D eigenvalue weighted by atomic mass is 10.1. The Morgan fingerprint density at radius 3 is 2.84 bits per heavy atom. The monoisotopic (exact) mass is 277 g/mol. The Bertz CT molecular complexity index is 617. The number of amides is 1. The largest absolute Gasteiger partial charge is 0.497 e. The third kappa shape index (κ3) is 3.35. The van der Waals surface area contributed by atoms with Crippen LogP contribution in [-0.2, 0) is 0 Å². The smallest absolute Gasteiger partial charge is 0.257 e. The number of nitrogens with zero attached hydrogens (tertiary/aromatic N) is 1. The first-order valence-corrected chi connectivity index (χ1v) is 5.84. The quantitative estimate of drug-likeness (QED) is 0.846. The number of carbonyl (C=O) groups excluding carboxylic acids is 1. The van der Waals surface area contributed by atoms with E-state index in [9.17, 15) is 4.79 Å². The van der Waals surface area contributed by atoms with E-state index in [1.54, 1.807) is 30.3 Å². The molecular formula is C13H12ClN3O2. The Kier molecular flexibility index (Phi) is 3.87. The number of nitrogens with one attached hydrogen (secondary N) is 1. The fourth-order valence-corrected chi connectivity index (χ4v) is 1.69. The summed E-state index contributed by atoms with van der Waals surface area (Å²) in [4.78, 5) is 16.0. The van der Waals surface area contributed by atoms with Crippen molar-refractivity contribution < 1.29 is 9.53 Å². The number of carbonyl (C=O) groups is 1. The van der Waals surface area contributed by atoms with Gasteiger partial charge in [-0.15, -0.1) is 0 Å². The van der Waals surface area contributed by atoms with Crippen LogP contribution >= 0.6 is 11.6 Å². The van der Waals surface area contributed by atoms with Crippen LogP contribution in [0.3, 0.4) is 0 Å². The molecule has 6 heteroatoms. The summed E-state index contributed by atoms with van der Waals surface area (Å²) in [7, 11) is 1.51. The van der Waals surface area contributed by atoms with Gasteiger partial charge in [-0.05, 0) is 24.3 Å². The third-order valence-corrected chi connectivity index (χ3v) is 2.63. The van der Waals surface area contributed by atoms with Crippen molar-refractivity contribution in [3.05, 3.63) is 47.1 Å². The molecule has 1 amide bonds. The van der Waals surface area contributed by atoms with E-state index in [2.05, 4.69) is 10.3 Å². The zero-order chi connectivity index (χ0) is 13.8. The molecule has 5 nitrogen and oxygen atoms in total. The molecule has 0 saturated heterocycles. The SMILES string of the molecule is COc1cc(N)cc(C(=O)Nc2cc(Cl)ccn2)c1. The number of anilines is 2. The predicted octanol–water partition coefficient (Wildman–Crippen LogP) is 2.58. The lowest BCUT2D eigenvalue weighted by Gasteiger charge is -2.07. The molecule has 0 aliphatic heterocycles. The standard InChI is InChI=1S/C13H12ClN3O2/c1-19-11-5-8(4-10(15)7-11)13(18)17-12-6-9(14)2-3-16-12/h2-7H,15H2,1H3,(H,16,17,18). The summed E-state index contributed by atoms with van der Waals surface area (Å²) in [6.45, 7) is 0. The highest BCUT2D eigenvalue weighted by Crippen LogP contribution is 2.20. The average molecular weight is 278 g/mol. The van der Waals surface area contributed by atoms with Gasteiger partial charge in [0.25, 0.3) is 5.91 Å². The summed E-state index contributed by atoms with van der Waals surface area (Å²) >= 11 is 5.82. The van der Waals surface area contributed by atoms with Gasteiger partial charge in [0.15, 0.2) is 0 Å². The first kappa shape index (κ1) is 13.2. The van der Waals surface area contributed by atoms with Crippen molar-refractivity contribution in [2.45, 2.75) is 0 Å². The summed E-state index contributed by atoms with van der Waals surface area (Å²) in [5.41, 5.74) is 6.53. The molecule has 0 radical (unpaired) electrons. The number of halogens is 1. The van der Waals surface area contributed by atoms with E-state index in [0.29, 0.717) is 27.8 Å². The van der Waals surface area contributed by atoms with Gasteiger partial charge < -0.3 is 15.8 Å². The van der Waals surface area contributed by atoms with Crippen LogP contribution in [0.1, 0.15) is 10.4 Å². The van der Waals surface area contributed by atoms with Crippen molar-refractivity contribution in [1.29, 1.82) is 0 Å². The normalized spacial score (nSPS) is 10.0. The van der Waals surface area contributed by atoms with Gasteiger partial charge in [0.2, 0.25) is 0 Å². The maximum absolute atomic E-state index is 12.0. The Hall–Kier alpha value is -2.27. The summed E-state index contributed by atoms with van der Waals surface area (Å²) in [5.74, 6) is 0.559. The molecule has 0 bridgehead atoms. The van der Waals surface area contributed by atoms with Gasteiger partial charge in [0, 0.05) is 28.5 Å². The molecule has 0 aliphatic rings. The molecule has 0 saturated carbocycles. The van der Waals surface area contributed by atoms with Gasteiger partial charge in [-0.25, -0.2) is 4.98 Å². The van der Waals surface area contributed by atoms with Crippen LogP contribution in [0, 0.1) is 0 Å². The molecule has 1 aromatic carbocycles. The van der Waals surface area contributed by atoms with Crippen LogP contribution in [0.5, 0.6) is 5.75 Å². The Morgan fingerprint density at radius 1 is 1.37 bits per heavy atom. The van der Waals surface area contributed by atoms with Crippen molar-refractivity contribution in [2.75, 3.05) is 18.2 Å². The molecule has 19 heavy (non-hydrogen) atoms. The first-order valence-electron chi connectivity index (χ1n) is 5.46. The second-order valence-electron chi connectivity index (χ2n) is 3.81. The average Bonchev–Trinajstić information content (AvgIpc) is 2.38. The van der Waals surface area contributed by atoms with Crippen molar-refractivity contribution in [3.8, 4) is 5.75 Å². The van der Waals surface area contributed by atoms with E-state index in [1.165, 1.54) is 13.3 Å². The molecule has 2 rings (SSSR count). The van der Waals surface area contributed by atoms with E-state index in [-0.39, 0.29) is 5.91 Å². The zero-order valence-electron chi connectivity index (χ0n) is 10.2. The molecule has 0 aliphatic carbocycles. The number of methoxy groups -OCH3 is 1. The fourth-order valence-electron chi connectivity index (χ4n) is 1.53. The van der Waals surface area contributed by atoms with Gasteiger partial charge >= 0.3 is 0 Å². The maximum atomic E-state index is 12.0. The lowest BCUT2D eigenvalue weighted by Crippen LogP contribution is -2.13.